The number of hydrogen-bond acceptors (Lipinski definition) is 3. The molecule has 0 aromatic heterocycles. The van der Waals surface area contributed by atoms with Crippen LogP contribution in [0.4, 0.5) is 24.5 Å². The maximum atomic E-state index is 12.9. The molecular formula is C20H21ClF3N3O. The van der Waals surface area contributed by atoms with Crippen molar-refractivity contribution in [1.82, 2.24) is 4.90 Å². The molecule has 0 unspecified atom stereocenters. The Labute approximate surface area is 166 Å². The summed E-state index contributed by atoms with van der Waals surface area (Å²) >= 11 is 6.08. The fraction of sp³-hybridized carbons (Fsp3) is 0.350. The van der Waals surface area contributed by atoms with Crippen LogP contribution in [0.15, 0.2) is 48.5 Å². The Morgan fingerprint density at radius 3 is 2.39 bits per heavy atom. The monoisotopic (exact) mass is 411 g/mol. The number of para-hydroxylation sites is 1. The Balaban J connectivity index is 1.59. The van der Waals surface area contributed by atoms with Crippen LogP contribution in [-0.4, -0.2) is 43.0 Å². The zero-order chi connectivity index (χ0) is 20.3. The average molecular weight is 412 g/mol. The van der Waals surface area contributed by atoms with Gasteiger partial charge in [-0.2, -0.15) is 13.2 Å². The molecule has 0 aliphatic carbocycles. The van der Waals surface area contributed by atoms with Crippen LogP contribution in [0.2, 0.25) is 5.02 Å². The van der Waals surface area contributed by atoms with Gasteiger partial charge in [-0.25, -0.2) is 0 Å². The number of anilines is 2. The highest BCUT2D eigenvalue weighted by molar-refractivity contribution is 6.33. The summed E-state index contributed by atoms with van der Waals surface area (Å²) in [5.74, 6) is -0.166. The Hall–Kier alpha value is -2.25. The summed E-state index contributed by atoms with van der Waals surface area (Å²) in [7, 11) is 0. The molecule has 2 aromatic carbocycles. The number of carbonyl (C=O) groups excluding carboxylic acids is 1. The first kappa shape index (κ1) is 20.5. The van der Waals surface area contributed by atoms with Crippen LogP contribution >= 0.6 is 11.6 Å². The first-order valence-corrected chi connectivity index (χ1v) is 9.35. The van der Waals surface area contributed by atoms with Crippen molar-refractivity contribution >= 4 is 28.9 Å². The first-order valence-electron chi connectivity index (χ1n) is 8.97. The lowest BCUT2D eigenvalue weighted by Crippen LogP contribution is -2.52. The number of alkyl halides is 3. The van der Waals surface area contributed by atoms with Gasteiger partial charge in [0.25, 0.3) is 0 Å². The molecule has 0 bridgehead atoms. The van der Waals surface area contributed by atoms with E-state index < -0.39 is 11.7 Å². The minimum Gasteiger partial charge on any atom is -0.369 e. The molecule has 0 spiro atoms. The van der Waals surface area contributed by atoms with Gasteiger partial charge in [-0.1, -0.05) is 29.8 Å². The van der Waals surface area contributed by atoms with Gasteiger partial charge in [-0.05, 0) is 37.3 Å². The number of rotatable bonds is 4. The third-order valence-electron chi connectivity index (χ3n) is 4.91. The van der Waals surface area contributed by atoms with E-state index in [9.17, 15) is 18.0 Å². The molecule has 1 amide bonds. The van der Waals surface area contributed by atoms with Crippen molar-refractivity contribution < 1.29 is 18.0 Å². The van der Waals surface area contributed by atoms with Crippen LogP contribution in [0.1, 0.15) is 12.5 Å². The maximum Gasteiger partial charge on any atom is 0.416 e. The number of nitrogens with one attached hydrogen (secondary N) is 1. The topological polar surface area (TPSA) is 35.6 Å². The number of hydrogen-bond donors (Lipinski definition) is 1. The fourth-order valence-corrected chi connectivity index (χ4v) is 3.39. The van der Waals surface area contributed by atoms with E-state index in [-0.39, 0.29) is 11.9 Å². The van der Waals surface area contributed by atoms with Crippen LogP contribution < -0.4 is 10.2 Å². The number of halogens is 4. The molecule has 2 aromatic rings. The normalized spacial score (nSPS) is 16.7. The standard InChI is InChI=1S/C20H21ClF3N3O/c1-14(19(28)25-18-8-3-2-7-17(18)21)26-9-11-27(12-10-26)16-6-4-5-15(13-16)20(22,23)24/h2-8,13-14H,9-12H2,1H3,(H,25,28)/t14-/m1/s1. The number of amides is 1. The van der Waals surface area contributed by atoms with Crippen molar-refractivity contribution in [1.29, 1.82) is 0 Å². The van der Waals surface area contributed by atoms with Crippen molar-refractivity contribution in [2.24, 2.45) is 0 Å². The summed E-state index contributed by atoms with van der Waals surface area (Å²) in [6.07, 6.45) is -4.36. The van der Waals surface area contributed by atoms with E-state index in [1.165, 1.54) is 12.1 Å². The molecule has 0 saturated carbocycles. The lowest BCUT2D eigenvalue weighted by Gasteiger charge is -2.38. The van der Waals surface area contributed by atoms with Gasteiger partial charge in [0.05, 0.1) is 22.3 Å². The summed E-state index contributed by atoms with van der Waals surface area (Å²) < 4.78 is 38.8. The van der Waals surface area contributed by atoms with Gasteiger partial charge < -0.3 is 10.2 Å². The Morgan fingerprint density at radius 1 is 1.07 bits per heavy atom. The van der Waals surface area contributed by atoms with Gasteiger partial charge in [0, 0.05) is 31.9 Å². The van der Waals surface area contributed by atoms with Crippen molar-refractivity contribution in [2.45, 2.75) is 19.1 Å². The second-order valence-corrected chi connectivity index (χ2v) is 7.12. The lowest BCUT2D eigenvalue weighted by molar-refractivity contribution is -0.137. The Bertz CT molecular complexity index is 835. The van der Waals surface area contributed by atoms with Gasteiger partial charge in [0.1, 0.15) is 0 Å². The van der Waals surface area contributed by atoms with E-state index in [0.29, 0.717) is 42.6 Å². The number of nitrogens with zero attached hydrogens (tertiary/aromatic N) is 2. The predicted molar refractivity (Wildman–Crippen MR) is 105 cm³/mol. The first-order chi connectivity index (χ1) is 13.3. The molecule has 8 heteroatoms. The summed E-state index contributed by atoms with van der Waals surface area (Å²) in [4.78, 5) is 16.4. The number of piperazine rings is 1. The van der Waals surface area contributed by atoms with E-state index in [2.05, 4.69) is 5.32 Å². The minimum atomic E-state index is -4.36. The molecule has 1 heterocycles. The van der Waals surface area contributed by atoms with Crippen LogP contribution in [0, 0.1) is 0 Å². The van der Waals surface area contributed by atoms with Crippen LogP contribution in [-0.2, 0) is 11.0 Å². The predicted octanol–water partition coefficient (Wildman–Crippen LogP) is 4.51. The van der Waals surface area contributed by atoms with E-state index >= 15 is 0 Å². The molecule has 1 atom stereocenters. The molecule has 4 nitrogen and oxygen atoms in total. The Kier molecular flexibility index (Phi) is 6.15. The van der Waals surface area contributed by atoms with Crippen LogP contribution in [0.3, 0.4) is 0 Å². The van der Waals surface area contributed by atoms with Crippen molar-refractivity contribution in [3.8, 4) is 0 Å². The van der Waals surface area contributed by atoms with E-state index in [1.807, 2.05) is 16.7 Å². The lowest BCUT2D eigenvalue weighted by atomic mass is 10.1. The molecule has 0 radical (unpaired) electrons. The van der Waals surface area contributed by atoms with Gasteiger partial charge in [-0.15, -0.1) is 0 Å². The largest absolute Gasteiger partial charge is 0.416 e. The Morgan fingerprint density at radius 2 is 1.75 bits per heavy atom. The number of benzene rings is 2. The minimum absolute atomic E-state index is 0.166. The summed E-state index contributed by atoms with van der Waals surface area (Å²) in [5, 5.41) is 3.29. The van der Waals surface area contributed by atoms with Gasteiger partial charge >= 0.3 is 6.18 Å². The highest BCUT2D eigenvalue weighted by Crippen LogP contribution is 2.32. The molecule has 1 aliphatic rings. The summed E-state index contributed by atoms with van der Waals surface area (Å²) in [6, 6.07) is 12.0. The molecule has 3 rings (SSSR count). The van der Waals surface area contributed by atoms with E-state index in [4.69, 9.17) is 11.6 Å². The molecular weight excluding hydrogens is 391 g/mol. The van der Waals surface area contributed by atoms with Crippen LogP contribution in [0.25, 0.3) is 0 Å². The third-order valence-corrected chi connectivity index (χ3v) is 5.24. The van der Waals surface area contributed by atoms with Crippen molar-refractivity contribution in [3.05, 3.63) is 59.1 Å². The molecule has 28 heavy (non-hydrogen) atoms. The zero-order valence-corrected chi connectivity index (χ0v) is 16.1. The van der Waals surface area contributed by atoms with Crippen molar-refractivity contribution in [2.75, 3.05) is 36.4 Å². The third kappa shape index (κ3) is 4.77. The molecule has 1 aliphatic heterocycles. The van der Waals surface area contributed by atoms with Gasteiger partial charge in [0.15, 0.2) is 0 Å². The molecule has 1 N–H and O–H groups in total. The smallest absolute Gasteiger partial charge is 0.369 e. The number of carbonyl (C=O) groups is 1. The molecule has 150 valence electrons. The second-order valence-electron chi connectivity index (χ2n) is 6.72. The highest BCUT2D eigenvalue weighted by atomic mass is 35.5. The summed E-state index contributed by atoms with van der Waals surface area (Å²) in [5.41, 5.74) is 0.450. The van der Waals surface area contributed by atoms with E-state index in [1.54, 1.807) is 30.3 Å². The van der Waals surface area contributed by atoms with Crippen LogP contribution in [0.5, 0.6) is 0 Å². The average Bonchev–Trinajstić information content (AvgIpc) is 2.69. The van der Waals surface area contributed by atoms with E-state index in [0.717, 1.165) is 6.07 Å². The molecule has 1 saturated heterocycles. The fourth-order valence-electron chi connectivity index (χ4n) is 3.21. The van der Waals surface area contributed by atoms with Gasteiger partial charge in [-0.3, -0.25) is 9.69 Å². The highest BCUT2D eigenvalue weighted by Gasteiger charge is 2.31. The zero-order valence-electron chi connectivity index (χ0n) is 15.3. The molecule has 1 fully saturated rings. The summed E-state index contributed by atoms with van der Waals surface area (Å²) in [6.45, 7) is 4.06. The second kappa shape index (κ2) is 8.41. The van der Waals surface area contributed by atoms with Gasteiger partial charge in [0.2, 0.25) is 5.91 Å². The van der Waals surface area contributed by atoms with Crippen molar-refractivity contribution in [3.63, 3.8) is 0 Å². The SMILES string of the molecule is C[C@H](C(=O)Nc1ccccc1Cl)N1CCN(c2cccc(C(F)(F)F)c2)CC1. The quantitative estimate of drug-likeness (QED) is 0.804. The maximum absolute atomic E-state index is 12.9.